The summed E-state index contributed by atoms with van der Waals surface area (Å²) in [6, 6.07) is 0.412. The predicted octanol–water partition coefficient (Wildman–Crippen LogP) is 0.941. The van der Waals surface area contributed by atoms with Gasteiger partial charge in [-0.1, -0.05) is 15.5 Å². The van der Waals surface area contributed by atoms with Gasteiger partial charge >= 0.3 is 0 Å². The van der Waals surface area contributed by atoms with E-state index in [2.05, 4.69) is 21.1 Å². The summed E-state index contributed by atoms with van der Waals surface area (Å²) in [7, 11) is 2.42. The molecule has 1 nitrogen and oxygen atoms in total. The van der Waals surface area contributed by atoms with Crippen LogP contribution in [0, 0.1) is 0 Å². The van der Waals surface area contributed by atoms with Gasteiger partial charge in [0.1, 0.15) is 0 Å². The predicted molar refractivity (Wildman–Crippen MR) is 32.5 cm³/mol. The Bertz CT molecular complexity index is 44.8. The molecule has 0 radical (unpaired) electrons. The molecule has 0 spiro atoms. The second kappa shape index (κ2) is 3.32. The maximum atomic E-state index is 3.56. The van der Waals surface area contributed by atoms with E-state index in [1.807, 2.05) is 13.0 Å². The van der Waals surface area contributed by atoms with Crippen molar-refractivity contribution in [2.45, 2.75) is 13.0 Å². The third kappa shape index (κ3) is 2.37. The zero-order valence-electron chi connectivity index (χ0n) is 3.94. The average molecular weight is 103 g/mol. The normalized spacial score (nSPS) is 13.7. The van der Waals surface area contributed by atoms with Crippen LogP contribution < -0.4 is 5.09 Å². The molecule has 0 heterocycles. The molecule has 0 aliphatic heterocycles. The van der Waals surface area contributed by atoms with Gasteiger partial charge in [0.15, 0.2) is 0 Å². The first-order valence-corrected chi connectivity index (χ1v) is 2.47. The van der Waals surface area contributed by atoms with Crippen LogP contribution in [-0.2, 0) is 0 Å². The molecule has 0 aliphatic rings. The Morgan fingerprint density at radius 3 is 2.50 bits per heavy atom. The van der Waals surface area contributed by atoms with Crippen molar-refractivity contribution in [3.63, 3.8) is 0 Å². The van der Waals surface area contributed by atoms with E-state index in [0.29, 0.717) is 6.04 Å². The topological polar surface area (TPSA) is 12.0 Å². The highest BCUT2D eigenvalue weighted by molar-refractivity contribution is 7.13. The molecule has 36 valence electrons. The number of nitrogens with one attached hydrogen (secondary N) is 1. The summed E-state index contributed by atoms with van der Waals surface area (Å²) < 4.78 is 0. The lowest BCUT2D eigenvalue weighted by Crippen LogP contribution is -2.10. The van der Waals surface area contributed by atoms with Crippen LogP contribution in [0.1, 0.15) is 6.92 Å². The van der Waals surface area contributed by atoms with Gasteiger partial charge in [-0.3, -0.25) is 5.09 Å². The SMILES string of the molecule is C=C[C@@H](C)NP. The van der Waals surface area contributed by atoms with Crippen LogP contribution in [-0.4, -0.2) is 6.04 Å². The average Bonchev–Trinajstić information content (AvgIpc) is 1.65. The maximum Gasteiger partial charge on any atom is 0.0250 e. The van der Waals surface area contributed by atoms with Gasteiger partial charge in [-0.05, 0) is 6.92 Å². The molecule has 0 aromatic rings. The zero-order valence-corrected chi connectivity index (χ0v) is 5.09. The summed E-state index contributed by atoms with van der Waals surface area (Å²) in [4.78, 5) is 0. The summed E-state index contributed by atoms with van der Waals surface area (Å²) in [6.45, 7) is 5.58. The van der Waals surface area contributed by atoms with Crippen molar-refractivity contribution in [2.75, 3.05) is 0 Å². The lowest BCUT2D eigenvalue weighted by atomic mass is 10.4. The molecule has 2 heteroatoms. The zero-order chi connectivity index (χ0) is 4.99. The Labute approximate surface area is 41.1 Å². The van der Waals surface area contributed by atoms with E-state index in [-0.39, 0.29) is 0 Å². The quantitative estimate of drug-likeness (QED) is 0.405. The Hall–Kier alpha value is 0.130. The highest BCUT2D eigenvalue weighted by atomic mass is 31.0. The maximum absolute atomic E-state index is 3.56. The van der Waals surface area contributed by atoms with E-state index in [0.717, 1.165) is 0 Å². The monoisotopic (exact) mass is 103 g/mol. The second-order valence-electron chi connectivity index (χ2n) is 1.19. The summed E-state index contributed by atoms with van der Waals surface area (Å²) in [5, 5.41) is 2.91. The van der Waals surface area contributed by atoms with Crippen LogP contribution in [0.5, 0.6) is 0 Å². The molecule has 1 N–H and O–H groups in total. The van der Waals surface area contributed by atoms with Crippen molar-refractivity contribution >= 4 is 9.39 Å². The van der Waals surface area contributed by atoms with E-state index >= 15 is 0 Å². The lowest BCUT2D eigenvalue weighted by molar-refractivity contribution is 0.855. The van der Waals surface area contributed by atoms with Gasteiger partial charge in [-0.15, -0.1) is 6.58 Å². The van der Waals surface area contributed by atoms with E-state index in [4.69, 9.17) is 0 Å². The van der Waals surface area contributed by atoms with Gasteiger partial charge < -0.3 is 0 Å². The van der Waals surface area contributed by atoms with Crippen molar-refractivity contribution in [3.8, 4) is 0 Å². The van der Waals surface area contributed by atoms with Crippen molar-refractivity contribution in [1.82, 2.24) is 5.09 Å². The van der Waals surface area contributed by atoms with E-state index in [1.165, 1.54) is 0 Å². The van der Waals surface area contributed by atoms with E-state index in [1.54, 1.807) is 0 Å². The van der Waals surface area contributed by atoms with E-state index < -0.39 is 0 Å². The van der Waals surface area contributed by atoms with Crippen LogP contribution in [0.4, 0.5) is 0 Å². The van der Waals surface area contributed by atoms with Crippen LogP contribution >= 0.6 is 9.39 Å². The van der Waals surface area contributed by atoms with Gasteiger partial charge in [0.2, 0.25) is 0 Å². The minimum atomic E-state index is 0.412. The minimum Gasteiger partial charge on any atom is -0.295 e. The van der Waals surface area contributed by atoms with Gasteiger partial charge in [-0.25, -0.2) is 0 Å². The molecular formula is C4H10NP. The van der Waals surface area contributed by atoms with Crippen LogP contribution in [0.15, 0.2) is 12.7 Å². The van der Waals surface area contributed by atoms with Gasteiger partial charge in [0.05, 0.1) is 0 Å². The third-order valence-electron chi connectivity index (χ3n) is 0.616. The molecule has 0 saturated heterocycles. The highest BCUT2D eigenvalue weighted by Crippen LogP contribution is 1.81. The minimum absolute atomic E-state index is 0.412. The van der Waals surface area contributed by atoms with Crippen molar-refractivity contribution < 1.29 is 0 Å². The molecule has 2 atom stereocenters. The molecule has 0 fully saturated rings. The summed E-state index contributed by atoms with van der Waals surface area (Å²) in [5.41, 5.74) is 0. The smallest absolute Gasteiger partial charge is 0.0250 e. The summed E-state index contributed by atoms with van der Waals surface area (Å²) in [5.74, 6) is 0. The highest BCUT2D eigenvalue weighted by Gasteiger charge is 1.81. The van der Waals surface area contributed by atoms with Crippen molar-refractivity contribution in [3.05, 3.63) is 12.7 Å². The van der Waals surface area contributed by atoms with Gasteiger partial charge in [0.25, 0.3) is 0 Å². The van der Waals surface area contributed by atoms with Crippen LogP contribution in [0.25, 0.3) is 0 Å². The van der Waals surface area contributed by atoms with Gasteiger partial charge in [-0.2, -0.15) is 0 Å². The summed E-state index contributed by atoms with van der Waals surface area (Å²) >= 11 is 0. The fraction of sp³-hybridized carbons (Fsp3) is 0.500. The van der Waals surface area contributed by atoms with Crippen LogP contribution in [0.3, 0.4) is 0 Å². The molecule has 0 rings (SSSR count). The first-order chi connectivity index (χ1) is 2.81. The molecule has 0 amide bonds. The van der Waals surface area contributed by atoms with E-state index in [9.17, 15) is 0 Å². The molecule has 0 bridgehead atoms. The first-order valence-electron chi connectivity index (χ1n) is 1.90. The van der Waals surface area contributed by atoms with Crippen molar-refractivity contribution in [1.29, 1.82) is 0 Å². The third-order valence-corrected chi connectivity index (χ3v) is 1.14. The molecule has 1 unspecified atom stereocenters. The van der Waals surface area contributed by atoms with Gasteiger partial charge in [0, 0.05) is 6.04 Å². The number of hydrogen-bond acceptors (Lipinski definition) is 1. The lowest BCUT2D eigenvalue weighted by Gasteiger charge is -1.97. The number of rotatable bonds is 2. The van der Waals surface area contributed by atoms with Crippen LogP contribution in [0.2, 0.25) is 0 Å². The standard InChI is InChI=1S/C4H10NP/c1-3-4(2)5-6/h3-5H,1,6H2,2H3/t4-/m1/s1. The fourth-order valence-electron chi connectivity index (χ4n) is 0.0680. The molecule has 6 heavy (non-hydrogen) atoms. The molecule has 0 saturated carbocycles. The molecule has 0 aromatic heterocycles. The Morgan fingerprint density at radius 2 is 2.50 bits per heavy atom. The fourth-order valence-corrected chi connectivity index (χ4v) is 0.204. The van der Waals surface area contributed by atoms with Crippen molar-refractivity contribution in [2.24, 2.45) is 0 Å². The Kier molecular flexibility index (Phi) is 3.40. The second-order valence-corrected chi connectivity index (χ2v) is 1.52. The Balaban J connectivity index is 2.96. The summed E-state index contributed by atoms with van der Waals surface area (Å²) in [6.07, 6.45) is 1.84. The number of hydrogen-bond donors (Lipinski definition) is 1. The Morgan fingerprint density at radius 1 is 2.00 bits per heavy atom. The largest absolute Gasteiger partial charge is 0.295 e. The first kappa shape index (κ1) is 6.13. The molecule has 0 aliphatic carbocycles. The molecular weight excluding hydrogens is 93.0 g/mol. The molecule has 0 aromatic carbocycles.